The van der Waals surface area contributed by atoms with Crippen LogP contribution < -0.4 is 15.4 Å². The second kappa shape index (κ2) is 8.20. The Kier molecular flexibility index (Phi) is 5.73. The summed E-state index contributed by atoms with van der Waals surface area (Å²) in [5, 5.41) is 6.46. The topological polar surface area (TPSA) is 70.2 Å². The van der Waals surface area contributed by atoms with Gasteiger partial charge in [0.05, 0.1) is 4.90 Å². The summed E-state index contributed by atoms with van der Waals surface area (Å²) in [5.74, 6) is 0. The van der Waals surface area contributed by atoms with Gasteiger partial charge in [-0.1, -0.05) is 42.0 Å². The van der Waals surface area contributed by atoms with E-state index >= 15 is 0 Å². The van der Waals surface area contributed by atoms with Crippen LogP contribution >= 0.6 is 12.2 Å². The molecule has 0 heterocycles. The lowest BCUT2D eigenvalue weighted by atomic mass is 10.2. The molecular weight excluding hydrogens is 378 g/mol. The van der Waals surface area contributed by atoms with Crippen molar-refractivity contribution in [2.75, 3.05) is 15.4 Å². The van der Waals surface area contributed by atoms with Gasteiger partial charge >= 0.3 is 0 Å². The summed E-state index contributed by atoms with van der Waals surface area (Å²) in [6.45, 7) is 2.01. The van der Waals surface area contributed by atoms with Gasteiger partial charge in [0, 0.05) is 17.1 Å². The molecule has 0 unspecified atom stereocenters. The molecule has 7 heteroatoms. The molecule has 27 heavy (non-hydrogen) atoms. The first kappa shape index (κ1) is 18.9. The summed E-state index contributed by atoms with van der Waals surface area (Å²) < 4.78 is 27.7. The molecule has 0 amide bonds. The largest absolute Gasteiger partial charge is 0.332 e. The van der Waals surface area contributed by atoms with E-state index in [9.17, 15) is 8.42 Å². The molecule has 0 aliphatic carbocycles. The van der Waals surface area contributed by atoms with Crippen molar-refractivity contribution in [1.29, 1.82) is 0 Å². The van der Waals surface area contributed by atoms with E-state index in [0.717, 1.165) is 11.3 Å². The van der Waals surface area contributed by atoms with E-state index in [0.29, 0.717) is 16.5 Å². The standard InChI is InChI=1S/C20H19N3O2S2/c1-15-10-12-16(13-11-15)21-20(26)22-18-8-5-9-19(14-18)27(24,25)23-17-6-3-2-4-7-17/h2-14,23H,1H3,(H2,21,22,26). The van der Waals surface area contributed by atoms with Gasteiger partial charge in [0.1, 0.15) is 0 Å². The van der Waals surface area contributed by atoms with Crippen LogP contribution in [0.25, 0.3) is 0 Å². The van der Waals surface area contributed by atoms with Gasteiger partial charge < -0.3 is 10.6 Å². The van der Waals surface area contributed by atoms with Gasteiger partial charge in [-0.2, -0.15) is 0 Å². The predicted octanol–water partition coefficient (Wildman–Crippen LogP) is 4.60. The molecule has 0 bridgehead atoms. The minimum absolute atomic E-state index is 0.148. The molecule has 3 N–H and O–H groups in total. The number of thiocarbonyl (C=S) groups is 1. The van der Waals surface area contributed by atoms with Crippen LogP contribution in [0.15, 0.2) is 83.8 Å². The summed E-state index contributed by atoms with van der Waals surface area (Å²) >= 11 is 5.31. The number of hydrogen-bond donors (Lipinski definition) is 3. The summed E-state index contributed by atoms with van der Waals surface area (Å²) in [5.41, 5.74) is 3.10. The van der Waals surface area contributed by atoms with Crippen molar-refractivity contribution in [2.24, 2.45) is 0 Å². The highest BCUT2D eigenvalue weighted by Gasteiger charge is 2.14. The van der Waals surface area contributed by atoms with Crippen LogP contribution in [0.1, 0.15) is 5.56 Å². The Bertz CT molecular complexity index is 1030. The quantitative estimate of drug-likeness (QED) is 0.549. The van der Waals surface area contributed by atoms with Crippen molar-refractivity contribution in [3.05, 3.63) is 84.4 Å². The fourth-order valence-electron chi connectivity index (χ4n) is 2.39. The first-order valence-electron chi connectivity index (χ1n) is 8.25. The maximum absolute atomic E-state index is 12.6. The molecule has 0 spiro atoms. The summed E-state index contributed by atoms with van der Waals surface area (Å²) in [6.07, 6.45) is 0. The summed E-state index contributed by atoms with van der Waals surface area (Å²) in [4.78, 5) is 0.148. The van der Waals surface area contributed by atoms with Crippen LogP contribution in [0.2, 0.25) is 0 Å². The van der Waals surface area contributed by atoms with E-state index in [4.69, 9.17) is 12.2 Å². The van der Waals surface area contributed by atoms with Crippen molar-refractivity contribution >= 4 is 44.4 Å². The van der Waals surface area contributed by atoms with E-state index in [1.807, 2.05) is 37.3 Å². The van der Waals surface area contributed by atoms with Crippen molar-refractivity contribution < 1.29 is 8.42 Å². The highest BCUT2D eigenvalue weighted by atomic mass is 32.2. The monoisotopic (exact) mass is 397 g/mol. The smallest absolute Gasteiger partial charge is 0.261 e. The Morgan fingerprint density at radius 1 is 0.778 bits per heavy atom. The third kappa shape index (κ3) is 5.29. The minimum atomic E-state index is -3.69. The van der Waals surface area contributed by atoms with Crippen molar-refractivity contribution in [3.8, 4) is 0 Å². The number of nitrogens with one attached hydrogen (secondary N) is 3. The number of para-hydroxylation sites is 1. The average molecular weight is 398 g/mol. The molecule has 3 aromatic rings. The Balaban J connectivity index is 1.71. The number of hydrogen-bond acceptors (Lipinski definition) is 3. The van der Waals surface area contributed by atoms with Crippen LogP contribution in [-0.2, 0) is 10.0 Å². The molecule has 0 fully saturated rings. The molecule has 138 valence electrons. The van der Waals surface area contributed by atoms with Crippen LogP contribution in [0.3, 0.4) is 0 Å². The van der Waals surface area contributed by atoms with Crippen LogP contribution in [0.4, 0.5) is 17.1 Å². The van der Waals surface area contributed by atoms with Crippen LogP contribution in [-0.4, -0.2) is 13.5 Å². The van der Waals surface area contributed by atoms with E-state index in [1.54, 1.807) is 36.4 Å². The number of aryl methyl sites for hydroxylation is 1. The molecule has 0 aliphatic heterocycles. The first-order chi connectivity index (χ1) is 12.9. The van der Waals surface area contributed by atoms with Crippen molar-refractivity contribution in [3.63, 3.8) is 0 Å². The van der Waals surface area contributed by atoms with Gasteiger partial charge in [0.25, 0.3) is 10.0 Å². The zero-order valence-electron chi connectivity index (χ0n) is 14.6. The molecule has 3 aromatic carbocycles. The summed E-state index contributed by atoms with van der Waals surface area (Å²) in [6, 6.07) is 23.0. The van der Waals surface area contributed by atoms with Crippen LogP contribution in [0, 0.1) is 6.92 Å². The number of rotatable bonds is 5. The highest BCUT2D eigenvalue weighted by molar-refractivity contribution is 7.92. The van der Waals surface area contributed by atoms with Gasteiger partial charge in [-0.15, -0.1) is 0 Å². The molecule has 0 atom stereocenters. The Morgan fingerprint density at radius 3 is 2.11 bits per heavy atom. The number of sulfonamides is 1. The number of anilines is 3. The van der Waals surface area contributed by atoms with E-state index in [-0.39, 0.29) is 4.90 Å². The van der Waals surface area contributed by atoms with Gasteiger partial charge in [-0.05, 0) is 61.6 Å². The maximum Gasteiger partial charge on any atom is 0.261 e. The molecular formula is C20H19N3O2S2. The normalized spacial score (nSPS) is 10.9. The minimum Gasteiger partial charge on any atom is -0.332 e. The van der Waals surface area contributed by atoms with E-state index in [2.05, 4.69) is 15.4 Å². The Hall–Kier alpha value is -2.90. The zero-order chi connectivity index (χ0) is 19.3. The van der Waals surface area contributed by atoms with Crippen molar-refractivity contribution in [2.45, 2.75) is 11.8 Å². The maximum atomic E-state index is 12.6. The first-order valence-corrected chi connectivity index (χ1v) is 10.1. The molecule has 5 nitrogen and oxygen atoms in total. The predicted molar refractivity (Wildman–Crippen MR) is 115 cm³/mol. The van der Waals surface area contributed by atoms with Gasteiger partial charge in [-0.3, -0.25) is 4.72 Å². The molecule has 0 aliphatic rings. The zero-order valence-corrected chi connectivity index (χ0v) is 16.3. The molecule has 0 radical (unpaired) electrons. The average Bonchev–Trinajstić information content (AvgIpc) is 2.64. The highest BCUT2D eigenvalue weighted by Crippen LogP contribution is 2.19. The van der Waals surface area contributed by atoms with Crippen LogP contribution in [0.5, 0.6) is 0 Å². The van der Waals surface area contributed by atoms with Gasteiger partial charge in [0.15, 0.2) is 5.11 Å². The molecule has 3 rings (SSSR count). The second-order valence-electron chi connectivity index (χ2n) is 5.94. The Labute approximate surface area is 164 Å². The molecule has 0 aromatic heterocycles. The van der Waals surface area contributed by atoms with E-state index < -0.39 is 10.0 Å². The summed E-state index contributed by atoms with van der Waals surface area (Å²) in [7, 11) is -3.69. The second-order valence-corrected chi connectivity index (χ2v) is 8.04. The lowest BCUT2D eigenvalue weighted by Gasteiger charge is -2.13. The Morgan fingerprint density at radius 2 is 1.41 bits per heavy atom. The third-order valence-corrected chi connectivity index (χ3v) is 5.32. The third-order valence-electron chi connectivity index (χ3n) is 3.74. The number of benzene rings is 3. The van der Waals surface area contributed by atoms with Gasteiger partial charge in [-0.25, -0.2) is 8.42 Å². The molecule has 0 saturated carbocycles. The molecule has 0 saturated heterocycles. The lowest BCUT2D eigenvalue weighted by molar-refractivity contribution is 0.601. The van der Waals surface area contributed by atoms with E-state index in [1.165, 1.54) is 12.1 Å². The lowest BCUT2D eigenvalue weighted by Crippen LogP contribution is -2.19. The van der Waals surface area contributed by atoms with Gasteiger partial charge in [0.2, 0.25) is 0 Å². The fraction of sp³-hybridized carbons (Fsp3) is 0.0500. The SMILES string of the molecule is Cc1ccc(NC(=S)Nc2cccc(S(=O)(=O)Nc3ccccc3)c2)cc1. The fourth-order valence-corrected chi connectivity index (χ4v) is 3.73. The van der Waals surface area contributed by atoms with Crippen molar-refractivity contribution in [1.82, 2.24) is 0 Å².